The van der Waals surface area contributed by atoms with E-state index in [1.54, 1.807) is 0 Å². The molecule has 1 heterocycles. The van der Waals surface area contributed by atoms with E-state index in [1.165, 1.54) is 11.3 Å². The van der Waals surface area contributed by atoms with Crippen LogP contribution >= 0.6 is 11.3 Å². The smallest absolute Gasteiger partial charge is 0.192 e. The van der Waals surface area contributed by atoms with Crippen LogP contribution in [0.15, 0.2) is 0 Å². The van der Waals surface area contributed by atoms with Crippen LogP contribution < -0.4 is 11.1 Å². The van der Waals surface area contributed by atoms with Gasteiger partial charge in [0, 0.05) is 11.3 Å². The number of guanidine groups is 1. The highest BCUT2D eigenvalue weighted by atomic mass is 32.1. The number of aromatic nitrogens is 1. The van der Waals surface area contributed by atoms with E-state index >= 15 is 0 Å². The van der Waals surface area contributed by atoms with Gasteiger partial charge in [-0.25, -0.2) is 4.98 Å². The predicted octanol–water partition coefficient (Wildman–Crippen LogP) is 0.311. The Morgan fingerprint density at radius 3 is 2.94 bits per heavy atom. The highest BCUT2D eigenvalue weighted by molar-refractivity contribution is 7.15. The van der Waals surface area contributed by atoms with Gasteiger partial charge < -0.3 is 11.1 Å². The average molecular weight is 247 g/mol. The molecule has 0 aliphatic rings. The number of aryl methyl sites for hydroxylation is 1. The van der Waals surface area contributed by atoms with Crippen LogP contribution in [0.4, 0.5) is 5.13 Å². The molecule has 0 amide bonds. The van der Waals surface area contributed by atoms with Gasteiger partial charge >= 0.3 is 0 Å². The van der Waals surface area contributed by atoms with Crippen LogP contribution in [0, 0.1) is 12.3 Å². The molecule has 1 rings (SSSR count). The van der Waals surface area contributed by atoms with E-state index in [0.717, 1.165) is 10.6 Å². The first-order valence-electron chi connectivity index (χ1n) is 4.37. The Labute approximate surface area is 95.7 Å². The molecule has 9 heteroatoms. The van der Waals surface area contributed by atoms with Gasteiger partial charge in [-0.15, -0.1) is 11.3 Å². The van der Waals surface area contributed by atoms with Crippen molar-refractivity contribution in [3.63, 3.8) is 0 Å². The van der Waals surface area contributed by atoms with Crippen molar-refractivity contribution >= 4 is 22.4 Å². The molecule has 0 aliphatic carbocycles. The van der Waals surface area contributed by atoms with Crippen molar-refractivity contribution in [1.82, 2.24) is 10.4 Å². The highest BCUT2D eigenvalue weighted by Gasteiger charge is 2.08. The van der Waals surface area contributed by atoms with Gasteiger partial charge in [-0.05, 0) is 6.92 Å². The van der Waals surface area contributed by atoms with Gasteiger partial charge in [-0.2, -0.15) is 0 Å². The third-order valence-electron chi connectivity index (χ3n) is 1.67. The van der Waals surface area contributed by atoms with E-state index in [2.05, 4.69) is 15.1 Å². The average Bonchev–Trinajstić information content (AvgIpc) is 2.45. The van der Waals surface area contributed by atoms with Crippen molar-refractivity contribution in [2.24, 2.45) is 5.73 Å². The number of anilines is 1. The second kappa shape index (κ2) is 5.72. The van der Waals surface area contributed by atoms with Crippen molar-refractivity contribution in [2.75, 3.05) is 11.9 Å². The van der Waals surface area contributed by atoms with Gasteiger partial charge in [0.05, 0.1) is 17.7 Å². The van der Waals surface area contributed by atoms with Crippen LogP contribution in [0.1, 0.15) is 10.6 Å². The van der Waals surface area contributed by atoms with Crippen molar-refractivity contribution in [1.29, 1.82) is 5.41 Å². The minimum absolute atomic E-state index is 0.121. The van der Waals surface area contributed by atoms with E-state index < -0.39 is 0 Å². The summed E-state index contributed by atoms with van der Waals surface area (Å²) in [6, 6.07) is 0. The lowest BCUT2D eigenvalue weighted by molar-refractivity contribution is -0.492. The molecule has 0 spiro atoms. The number of hydrogen-bond acceptors (Lipinski definition) is 7. The lowest BCUT2D eigenvalue weighted by Gasteiger charge is -2.04. The van der Waals surface area contributed by atoms with E-state index in [0.29, 0.717) is 11.6 Å². The van der Waals surface area contributed by atoms with E-state index in [1.807, 2.05) is 6.92 Å². The fraction of sp³-hybridized carbons (Fsp3) is 0.429. The van der Waals surface area contributed by atoms with Crippen molar-refractivity contribution in [2.45, 2.75) is 13.3 Å². The quantitative estimate of drug-likeness (QED) is 0.288. The third kappa shape index (κ3) is 4.08. The molecule has 1 aromatic heterocycles. The number of hydrogen-bond donors (Lipinski definition) is 5. The Hall–Kier alpha value is -1.26. The zero-order valence-corrected chi connectivity index (χ0v) is 9.41. The normalized spacial score (nSPS) is 10.8. The maximum atomic E-state index is 8.32. The molecule has 0 atom stereocenters. The molecule has 0 aromatic carbocycles. The van der Waals surface area contributed by atoms with Crippen LogP contribution in [-0.4, -0.2) is 33.4 Å². The molecule has 0 radical (unpaired) electrons. The minimum Gasteiger partial charge on any atom is -0.370 e. The Morgan fingerprint density at radius 2 is 2.38 bits per heavy atom. The molecule has 0 saturated heterocycles. The molecule has 0 fully saturated rings. The molecule has 0 saturated carbocycles. The molecule has 0 unspecified atom stereocenters. The van der Waals surface area contributed by atoms with Crippen LogP contribution in [0.2, 0.25) is 0 Å². The van der Waals surface area contributed by atoms with E-state index in [9.17, 15) is 0 Å². The molecule has 16 heavy (non-hydrogen) atoms. The first kappa shape index (κ1) is 12.8. The summed E-state index contributed by atoms with van der Waals surface area (Å²) in [5.41, 5.74) is 5.96. The number of nitrogens with zero attached hydrogens (tertiary/aromatic N) is 2. The summed E-state index contributed by atoms with van der Waals surface area (Å²) < 4.78 is 0. The standard InChI is InChI=1S/C7H13N5O3S/c1-4-5(2-3-15-12(13)14)16-7(10-4)11-6(8)9/h13-14H,2-3H2,1H3,(H4,8,9,10,11). The molecule has 0 aliphatic heterocycles. The Balaban J connectivity index is 2.53. The highest BCUT2D eigenvalue weighted by Crippen LogP contribution is 2.22. The lowest BCUT2D eigenvalue weighted by Crippen LogP contribution is -2.20. The van der Waals surface area contributed by atoms with Crippen molar-refractivity contribution < 1.29 is 15.3 Å². The summed E-state index contributed by atoms with van der Waals surface area (Å²) in [6.07, 6.45) is 0.487. The van der Waals surface area contributed by atoms with Gasteiger partial charge in [0.1, 0.15) is 0 Å². The van der Waals surface area contributed by atoms with Crippen molar-refractivity contribution in [3.05, 3.63) is 10.6 Å². The molecule has 6 N–H and O–H groups in total. The summed E-state index contributed by atoms with van der Waals surface area (Å²) in [6.45, 7) is 1.93. The molecule has 0 bridgehead atoms. The Bertz CT molecular complexity index is 367. The number of nitrogens with two attached hydrogens (primary N) is 1. The largest absolute Gasteiger partial charge is 0.370 e. The lowest BCUT2D eigenvalue weighted by atomic mass is 10.3. The molecule has 1 aromatic rings. The number of nitrogens with one attached hydrogen (secondary N) is 2. The predicted molar refractivity (Wildman–Crippen MR) is 57.5 cm³/mol. The first-order chi connectivity index (χ1) is 7.49. The summed E-state index contributed by atoms with van der Waals surface area (Å²) in [4.78, 5) is 9.49. The first-order valence-corrected chi connectivity index (χ1v) is 5.19. The van der Waals surface area contributed by atoms with Crippen LogP contribution in [0.5, 0.6) is 0 Å². The van der Waals surface area contributed by atoms with E-state index in [-0.39, 0.29) is 18.0 Å². The van der Waals surface area contributed by atoms with Crippen LogP contribution in [0.3, 0.4) is 0 Å². The third-order valence-corrected chi connectivity index (χ3v) is 2.80. The number of thiazole rings is 1. The summed E-state index contributed by atoms with van der Waals surface area (Å²) in [5.74, 6) is -0.173. The maximum absolute atomic E-state index is 8.32. The summed E-state index contributed by atoms with van der Waals surface area (Å²) >= 11 is 1.33. The van der Waals surface area contributed by atoms with Gasteiger partial charge in [-0.1, -0.05) is 0 Å². The second-order valence-electron chi connectivity index (χ2n) is 2.90. The van der Waals surface area contributed by atoms with Gasteiger partial charge in [0.2, 0.25) is 0 Å². The van der Waals surface area contributed by atoms with Gasteiger partial charge in [0.25, 0.3) is 0 Å². The second-order valence-corrected chi connectivity index (χ2v) is 3.99. The zero-order valence-electron chi connectivity index (χ0n) is 8.60. The molecule has 90 valence electrons. The Morgan fingerprint density at radius 1 is 1.69 bits per heavy atom. The topological polar surface area (TPSA) is 128 Å². The number of rotatable bonds is 5. The fourth-order valence-electron chi connectivity index (χ4n) is 1.05. The molecular formula is C7H13N5O3S. The van der Waals surface area contributed by atoms with Gasteiger partial charge in [0.15, 0.2) is 11.1 Å². The summed E-state index contributed by atoms with van der Waals surface area (Å²) in [7, 11) is 0. The minimum atomic E-state index is -0.328. The summed E-state index contributed by atoms with van der Waals surface area (Å²) in [5, 5.41) is 26.5. The maximum Gasteiger partial charge on any atom is 0.192 e. The molecular weight excluding hydrogens is 234 g/mol. The van der Waals surface area contributed by atoms with Crippen LogP contribution in [-0.2, 0) is 11.3 Å². The fourth-order valence-corrected chi connectivity index (χ4v) is 2.00. The zero-order chi connectivity index (χ0) is 12.1. The Kier molecular flexibility index (Phi) is 4.58. The SMILES string of the molecule is Cc1nc(NC(=N)N)sc1CCON(O)O. The van der Waals surface area contributed by atoms with E-state index in [4.69, 9.17) is 21.6 Å². The monoisotopic (exact) mass is 247 g/mol. The van der Waals surface area contributed by atoms with Crippen LogP contribution in [0.25, 0.3) is 0 Å². The molecule has 8 nitrogen and oxygen atoms in total. The van der Waals surface area contributed by atoms with Gasteiger partial charge in [-0.3, -0.25) is 20.7 Å². The van der Waals surface area contributed by atoms with Crippen molar-refractivity contribution in [3.8, 4) is 0 Å².